The number of hydrogen-bond acceptors (Lipinski definition) is 7. The molecule has 7 nitrogen and oxygen atoms in total. The summed E-state index contributed by atoms with van der Waals surface area (Å²) in [6.07, 6.45) is 4.39. The molecule has 1 fully saturated rings. The lowest BCUT2D eigenvalue weighted by atomic mass is 9.96. The van der Waals surface area contributed by atoms with Gasteiger partial charge < -0.3 is 25.2 Å². The SMILES string of the molecule is CN(C)CCCNc1nc(NCC2CCCO2)c2c(c1C#N)CCN(C)C2. The van der Waals surface area contributed by atoms with Gasteiger partial charge in [0, 0.05) is 38.3 Å². The largest absolute Gasteiger partial charge is 0.376 e. The fraction of sp³-hybridized carbons (Fsp3) is 0.700. The average Bonchev–Trinajstić information content (AvgIpc) is 3.16. The number of ether oxygens (including phenoxy) is 1. The fourth-order valence-electron chi connectivity index (χ4n) is 3.78. The van der Waals surface area contributed by atoms with Gasteiger partial charge in [-0.3, -0.25) is 0 Å². The Morgan fingerprint density at radius 2 is 2.15 bits per heavy atom. The van der Waals surface area contributed by atoms with Crippen molar-refractivity contribution in [3.8, 4) is 6.07 Å². The molecule has 0 aromatic carbocycles. The molecule has 0 aliphatic carbocycles. The van der Waals surface area contributed by atoms with Gasteiger partial charge in [-0.1, -0.05) is 0 Å². The summed E-state index contributed by atoms with van der Waals surface area (Å²) in [4.78, 5) is 9.28. The summed E-state index contributed by atoms with van der Waals surface area (Å²) >= 11 is 0. The van der Waals surface area contributed by atoms with Crippen LogP contribution in [0.2, 0.25) is 0 Å². The van der Waals surface area contributed by atoms with Crippen molar-refractivity contribution in [2.75, 3.05) is 64.6 Å². The van der Waals surface area contributed by atoms with Crippen LogP contribution >= 0.6 is 0 Å². The molecular formula is C20H32N6O. The maximum atomic E-state index is 9.79. The van der Waals surface area contributed by atoms with Crippen LogP contribution in [0.15, 0.2) is 0 Å². The first-order valence-corrected chi connectivity index (χ1v) is 9.97. The molecule has 2 N–H and O–H groups in total. The lowest BCUT2D eigenvalue weighted by Crippen LogP contribution is -2.30. The van der Waals surface area contributed by atoms with Gasteiger partial charge in [-0.2, -0.15) is 5.26 Å². The molecule has 3 heterocycles. The molecule has 1 saturated heterocycles. The zero-order valence-electron chi connectivity index (χ0n) is 16.8. The molecule has 7 heteroatoms. The second kappa shape index (κ2) is 9.36. The van der Waals surface area contributed by atoms with E-state index in [1.54, 1.807) is 0 Å². The summed E-state index contributed by atoms with van der Waals surface area (Å²) < 4.78 is 5.74. The molecule has 3 rings (SSSR count). The molecule has 0 saturated carbocycles. The summed E-state index contributed by atoms with van der Waals surface area (Å²) in [5.74, 6) is 1.62. The van der Waals surface area contributed by atoms with Gasteiger partial charge in [-0.15, -0.1) is 0 Å². The highest BCUT2D eigenvalue weighted by Gasteiger charge is 2.25. The first-order valence-electron chi connectivity index (χ1n) is 9.97. The van der Waals surface area contributed by atoms with E-state index < -0.39 is 0 Å². The van der Waals surface area contributed by atoms with Crippen molar-refractivity contribution in [1.29, 1.82) is 5.26 Å². The summed E-state index contributed by atoms with van der Waals surface area (Å²) in [7, 11) is 6.26. The van der Waals surface area contributed by atoms with Crippen molar-refractivity contribution >= 4 is 11.6 Å². The number of hydrogen-bond donors (Lipinski definition) is 2. The number of nitrogens with one attached hydrogen (secondary N) is 2. The molecule has 2 aliphatic heterocycles. The predicted octanol–water partition coefficient (Wildman–Crippen LogP) is 1.90. The van der Waals surface area contributed by atoms with Crippen LogP contribution in [0, 0.1) is 11.3 Å². The highest BCUT2D eigenvalue weighted by atomic mass is 16.5. The molecule has 0 spiro atoms. The summed E-state index contributed by atoms with van der Waals surface area (Å²) in [5, 5.41) is 16.7. The molecule has 27 heavy (non-hydrogen) atoms. The van der Waals surface area contributed by atoms with Crippen molar-refractivity contribution in [2.45, 2.75) is 38.3 Å². The summed E-state index contributed by atoms with van der Waals surface area (Å²) in [6.45, 7) is 5.24. The van der Waals surface area contributed by atoms with Gasteiger partial charge in [0.05, 0.1) is 11.7 Å². The normalized spacial score (nSPS) is 19.7. The van der Waals surface area contributed by atoms with E-state index in [1.165, 1.54) is 0 Å². The zero-order chi connectivity index (χ0) is 19.2. The molecule has 2 aliphatic rings. The van der Waals surface area contributed by atoms with Gasteiger partial charge in [-0.25, -0.2) is 4.98 Å². The first-order chi connectivity index (χ1) is 13.1. The van der Waals surface area contributed by atoms with Crippen LogP contribution < -0.4 is 10.6 Å². The third-order valence-corrected chi connectivity index (χ3v) is 5.29. The Bertz CT molecular complexity index is 678. The van der Waals surface area contributed by atoms with Gasteiger partial charge >= 0.3 is 0 Å². The minimum absolute atomic E-state index is 0.260. The first kappa shape index (κ1) is 19.9. The van der Waals surface area contributed by atoms with E-state index in [-0.39, 0.29) is 6.10 Å². The third-order valence-electron chi connectivity index (χ3n) is 5.29. The Morgan fingerprint density at radius 1 is 1.30 bits per heavy atom. The average molecular weight is 373 g/mol. The Balaban J connectivity index is 1.81. The minimum Gasteiger partial charge on any atom is -0.376 e. The van der Waals surface area contributed by atoms with E-state index in [1.807, 2.05) is 0 Å². The summed E-state index contributed by atoms with van der Waals surface area (Å²) in [6, 6.07) is 2.41. The van der Waals surface area contributed by atoms with Gasteiger partial charge in [-0.05, 0) is 58.9 Å². The van der Waals surface area contributed by atoms with Crippen molar-refractivity contribution in [2.24, 2.45) is 0 Å². The Morgan fingerprint density at radius 3 is 2.85 bits per heavy atom. The van der Waals surface area contributed by atoms with E-state index in [2.05, 4.69) is 47.6 Å². The van der Waals surface area contributed by atoms with Gasteiger partial charge in [0.25, 0.3) is 0 Å². The van der Waals surface area contributed by atoms with Gasteiger partial charge in [0.2, 0.25) is 0 Å². The van der Waals surface area contributed by atoms with Crippen molar-refractivity contribution in [3.05, 3.63) is 16.7 Å². The zero-order valence-corrected chi connectivity index (χ0v) is 16.8. The monoisotopic (exact) mass is 372 g/mol. The molecule has 0 bridgehead atoms. The molecule has 1 unspecified atom stereocenters. The molecular weight excluding hydrogens is 340 g/mol. The molecule has 1 aromatic heterocycles. The number of pyridine rings is 1. The van der Waals surface area contributed by atoms with Crippen LogP contribution in [0.25, 0.3) is 0 Å². The quantitative estimate of drug-likeness (QED) is 0.675. The van der Waals surface area contributed by atoms with E-state index in [9.17, 15) is 5.26 Å². The van der Waals surface area contributed by atoms with Crippen molar-refractivity contribution < 1.29 is 4.74 Å². The number of nitriles is 1. The smallest absolute Gasteiger partial charge is 0.146 e. The van der Waals surface area contributed by atoms with Crippen LogP contribution in [-0.4, -0.2) is 74.8 Å². The molecule has 1 atom stereocenters. The lowest BCUT2D eigenvalue weighted by Gasteiger charge is -2.29. The van der Waals surface area contributed by atoms with Crippen molar-refractivity contribution in [1.82, 2.24) is 14.8 Å². The second-order valence-electron chi connectivity index (χ2n) is 7.84. The molecule has 0 amide bonds. The predicted molar refractivity (Wildman–Crippen MR) is 108 cm³/mol. The van der Waals surface area contributed by atoms with E-state index in [0.29, 0.717) is 5.56 Å². The number of anilines is 2. The summed E-state index contributed by atoms with van der Waals surface area (Å²) in [5.41, 5.74) is 3.03. The maximum absolute atomic E-state index is 9.79. The highest BCUT2D eigenvalue weighted by molar-refractivity contribution is 5.66. The standard InChI is InChI=1S/C20H32N6O/c1-25(2)9-5-8-22-19-17(12-21)16-7-10-26(3)14-18(16)20(24-19)23-13-15-6-4-11-27-15/h15H,4-11,13-14H2,1-3H3,(H2,22,23,24). The van der Waals surface area contributed by atoms with E-state index in [0.717, 1.165) is 87.8 Å². The number of likely N-dealkylation sites (N-methyl/N-ethyl adjacent to an activating group) is 1. The van der Waals surface area contributed by atoms with Crippen LogP contribution in [0.3, 0.4) is 0 Å². The number of nitrogens with zero attached hydrogens (tertiary/aromatic N) is 4. The van der Waals surface area contributed by atoms with Gasteiger partial charge in [0.1, 0.15) is 17.7 Å². The molecule has 148 valence electrons. The topological polar surface area (TPSA) is 76.5 Å². The second-order valence-corrected chi connectivity index (χ2v) is 7.84. The van der Waals surface area contributed by atoms with Crippen LogP contribution in [0.4, 0.5) is 11.6 Å². The Hall–Kier alpha value is -1.88. The minimum atomic E-state index is 0.260. The number of rotatable bonds is 8. The molecule has 0 radical (unpaired) electrons. The Kier molecular flexibility index (Phi) is 6.89. The Labute approximate surface area is 162 Å². The van der Waals surface area contributed by atoms with E-state index >= 15 is 0 Å². The molecule has 1 aromatic rings. The van der Waals surface area contributed by atoms with Crippen molar-refractivity contribution in [3.63, 3.8) is 0 Å². The third kappa shape index (κ3) is 5.10. The van der Waals surface area contributed by atoms with Crippen LogP contribution in [0.5, 0.6) is 0 Å². The van der Waals surface area contributed by atoms with E-state index in [4.69, 9.17) is 9.72 Å². The number of fused-ring (bicyclic) bond motifs is 1. The fourth-order valence-corrected chi connectivity index (χ4v) is 3.78. The maximum Gasteiger partial charge on any atom is 0.146 e. The number of aromatic nitrogens is 1. The van der Waals surface area contributed by atoms with Crippen LogP contribution in [0.1, 0.15) is 36.0 Å². The lowest BCUT2D eigenvalue weighted by molar-refractivity contribution is 0.120. The van der Waals surface area contributed by atoms with Crippen LogP contribution in [-0.2, 0) is 17.7 Å². The van der Waals surface area contributed by atoms with Gasteiger partial charge in [0.15, 0.2) is 0 Å². The highest BCUT2D eigenvalue weighted by Crippen LogP contribution is 2.31.